The van der Waals surface area contributed by atoms with Crippen molar-refractivity contribution in [1.82, 2.24) is 0 Å². The Morgan fingerprint density at radius 2 is 2.05 bits per heavy atom. The lowest BCUT2D eigenvalue weighted by molar-refractivity contribution is -0.120. The maximum atomic E-state index is 12.3. The van der Waals surface area contributed by atoms with Gasteiger partial charge < -0.3 is 15.4 Å². The number of benzene rings is 1. The summed E-state index contributed by atoms with van der Waals surface area (Å²) >= 11 is 0. The number of rotatable bonds is 5. The van der Waals surface area contributed by atoms with Crippen molar-refractivity contribution < 1.29 is 9.53 Å². The van der Waals surface area contributed by atoms with Crippen molar-refractivity contribution in [3.8, 4) is 5.75 Å². The van der Waals surface area contributed by atoms with Gasteiger partial charge in [-0.1, -0.05) is 19.9 Å². The summed E-state index contributed by atoms with van der Waals surface area (Å²) in [6.45, 7) is 6.46. The quantitative estimate of drug-likeness (QED) is 0.888. The van der Waals surface area contributed by atoms with Gasteiger partial charge in [0.25, 0.3) is 0 Å². The molecule has 19 heavy (non-hydrogen) atoms. The number of carbonyl (C=O) groups excluding carboxylic acids is 1. The van der Waals surface area contributed by atoms with E-state index >= 15 is 0 Å². The molecule has 1 aromatic rings. The number of carbonyl (C=O) groups is 1. The molecule has 0 atom stereocenters. The molecule has 1 amide bonds. The fraction of sp³-hybridized carbons (Fsp3) is 0.533. The summed E-state index contributed by atoms with van der Waals surface area (Å²) in [6, 6.07) is 5.79. The first kappa shape index (κ1) is 15.5. The Balaban J connectivity index is 2.96. The smallest absolute Gasteiger partial charge is 0.227 e. The molecule has 0 aliphatic rings. The Morgan fingerprint density at radius 3 is 2.58 bits per heavy atom. The van der Waals surface area contributed by atoms with E-state index in [0.29, 0.717) is 18.7 Å². The molecule has 0 aromatic heterocycles. The molecule has 0 saturated carbocycles. The van der Waals surface area contributed by atoms with Crippen LogP contribution in [0.2, 0.25) is 0 Å². The van der Waals surface area contributed by atoms with Gasteiger partial charge in [-0.25, -0.2) is 0 Å². The van der Waals surface area contributed by atoms with E-state index in [1.54, 1.807) is 19.1 Å². The first-order valence-corrected chi connectivity index (χ1v) is 6.42. The van der Waals surface area contributed by atoms with E-state index in [1.807, 2.05) is 39.0 Å². The van der Waals surface area contributed by atoms with Gasteiger partial charge in [0.1, 0.15) is 5.75 Å². The number of amides is 1. The number of nitrogens with two attached hydrogens (primary N) is 1. The van der Waals surface area contributed by atoms with Gasteiger partial charge in [-0.15, -0.1) is 0 Å². The van der Waals surface area contributed by atoms with Crippen LogP contribution in [0.5, 0.6) is 5.75 Å². The van der Waals surface area contributed by atoms with E-state index in [2.05, 4.69) is 0 Å². The highest BCUT2D eigenvalue weighted by Crippen LogP contribution is 2.30. The first-order chi connectivity index (χ1) is 8.80. The van der Waals surface area contributed by atoms with Crippen LogP contribution in [0.15, 0.2) is 18.2 Å². The lowest BCUT2D eigenvalue weighted by atomic mass is 9.89. The third kappa shape index (κ3) is 3.96. The van der Waals surface area contributed by atoms with Crippen molar-refractivity contribution in [2.45, 2.75) is 27.2 Å². The van der Waals surface area contributed by atoms with Gasteiger partial charge in [0.05, 0.1) is 12.8 Å². The molecule has 0 aliphatic heterocycles. The number of nitrogens with zero attached hydrogens (tertiary/aromatic N) is 1. The molecule has 0 radical (unpaired) electrons. The molecule has 4 heteroatoms. The number of hydrogen-bond donors (Lipinski definition) is 1. The van der Waals surface area contributed by atoms with Gasteiger partial charge >= 0.3 is 0 Å². The highest BCUT2D eigenvalue weighted by Gasteiger charge is 2.24. The second kappa shape index (κ2) is 6.06. The molecule has 0 bridgehead atoms. The van der Waals surface area contributed by atoms with Crippen molar-refractivity contribution in [3.63, 3.8) is 0 Å². The summed E-state index contributed by atoms with van der Waals surface area (Å²) in [5.41, 5.74) is 7.37. The predicted molar refractivity (Wildman–Crippen MR) is 78.6 cm³/mol. The highest BCUT2D eigenvalue weighted by atomic mass is 16.5. The van der Waals surface area contributed by atoms with E-state index in [-0.39, 0.29) is 11.3 Å². The zero-order chi connectivity index (χ0) is 14.6. The second-order valence-corrected chi connectivity index (χ2v) is 5.67. The second-order valence-electron chi connectivity index (χ2n) is 5.67. The molecule has 106 valence electrons. The highest BCUT2D eigenvalue weighted by molar-refractivity contribution is 5.94. The van der Waals surface area contributed by atoms with Gasteiger partial charge in [-0.05, 0) is 36.6 Å². The molecule has 0 spiro atoms. The Hall–Kier alpha value is -1.55. The summed E-state index contributed by atoms with van der Waals surface area (Å²) in [5, 5.41) is 0. The van der Waals surface area contributed by atoms with Crippen LogP contribution in [0, 0.1) is 12.3 Å². The van der Waals surface area contributed by atoms with Crippen molar-refractivity contribution in [2.75, 3.05) is 25.6 Å². The molecule has 4 nitrogen and oxygen atoms in total. The van der Waals surface area contributed by atoms with E-state index in [9.17, 15) is 4.79 Å². The van der Waals surface area contributed by atoms with Crippen LogP contribution in [0.1, 0.15) is 25.8 Å². The van der Waals surface area contributed by atoms with Gasteiger partial charge in [0.2, 0.25) is 5.91 Å². The van der Waals surface area contributed by atoms with Gasteiger partial charge in [0, 0.05) is 13.5 Å². The number of hydrogen-bond acceptors (Lipinski definition) is 3. The zero-order valence-corrected chi connectivity index (χ0v) is 12.5. The van der Waals surface area contributed by atoms with Crippen molar-refractivity contribution >= 4 is 11.6 Å². The fourth-order valence-corrected chi connectivity index (χ4v) is 1.80. The van der Waals surface area contributed by atoms with Crippen molar-refractivity contribution in [1.29, 1.82) is 0 Å². The van der Waals surface area contributed by atoms with Crippen LogP contribution < -0.4 is 15.4 Å². The molecule has 0 aliphatic carbocycles. The number of aryl methyl sites for hydroxylation is 1. The predicted octanol–water partition coefficient (Wildman–Crippen LogP) is 2.34. The molecular formula is C15H24N2O2. The number of anilines is 1. The van der Waals surface area contributed by atoms with E-state index in [0.717, 1.165) is 11.3 Å². The molecule has 1 aromatic carbocycles. The molecule has 0 heterocycles. The molecule has 1 rings (SSSR count). The maximum Gasteiger partial charge on any atom is 0.227 e. The monoisotopic (exact) mass is 264 g/mol. The van der Waals surface area contributed by atoms with Gasteiger partial charge in [0.15, 0.2) is 0 Å². The van der Waals surface area contributed by atoms with Crippen LogP contribution >= 0.6 is 0 Å². The largest absolute Gasteiger partial charge is 0.495 e. The molecule has 0 saturated heterocycles. The third-order valence-electron chi connectivity index (χ3n) is 3.25. The Labute approximate surface area is 115 Å². The summed E-state index contributed by atoms with van der Waals surface area (Å²) < 4.78 is 5.31. The SMILES string of the molecule is COc1ccc(C)cc1N(C)C(=O)CC(C)(C)CN. The van der Waals surface area contributed by atoms with Crippen LogP contribution in [-0.2, 0) is 4.79 Å². The number of ether oxygens (including phenoxy) is 1. The first-order valence-electron chi connectivity index (χ1n) is 6.42. The van der Waals surface area contributed by atoms with E-state index in [1.165, 1.54) is 0 Å². The fourth-order valence-electron chi connectivity index (χ4n) is 1.80. The van der Waals surface area contributed by atoms with Crippen molar-refractivity contribution in [3.05, 3.63) is 23.8 Å². The summed E-state index contributed by atoms with van der Waals surface area (Å²) in [4.78, 5) is 14.0. The molecule has 0 unspecified atom stereocenters. The van der Waals surface area contributed by atoms with Gasteiger partial charge in [-0.2, -0.15) is 0 Å². The van der Waals surface area contributed by atoms with E-state index < -0.39 is 0 Å². The van der Waals surface area contributed by atoms with Crippen LogP contribution in [-0.4, -0.2) is 26.6 Å². The zero-order valence-electron chi connectivity index (χ0n) is 12.5. The van der Waals surface area contributed by atoms with E-state index in [4.69, 9.17) is 10.5 Å². The standard InChI is InChI=1S/C15H24N2O2/c1-11-6-7-13(19-5)12(8-11)17(4)14(18)9-15(2,3)10-16/h6-8H,9-10,16H2,1-5H3. The Bertz CT molecular complexity index is 455. The molecule has 0 fully saturated rings. The minimum absolute atomic E-state index is 0.0411. The lowest BCUT2D eigenvalue weighted by Crippen LogP contribution is -2.34. The molecule has 2 N–H and O–H groups in total. The average Bonchev–Trinajstić information content (AvgIpc) is 2.37. The Morgan fingerprint density at radius 1 is 1.42 bits per heavy atom. The lowest BCUT2D eigenvalue weighted by Gasteiger charge is -2.26. The molecular weight excluding hydrogens is 240 g/mol. The topological polar surface area (TPSA) is 55.6 Å². The van der Waals surface area contributed by atoms with Gasteiger partial charge in [-0.3, -0.25) is 4.79 Å². The van der Waals surface area contributed by atoms with Crippen LogP contribution in [0.25, 0.3) is 0 Å². The maximum absolute atomic E-state index is 12.3. The normalized spacial score (nSPS) is 11.3. The summed E-state index contributed by atoms with van der Waals surface area (Å²) in [5.74, 6) is 0.742. The Kier molecular flexibility index (Phi) is 4.95. The van der Waals surface area contributed by atoms with Crippen LogP contribution in [0.4, 0.5) is 5.69 Å². The summed E-state index contributed by atoms with van der Waals surface area (Å²) in [7, 11) is 3.38. The number of methoxy groups -OCH3 is 1. The van der Waals surface area contributed by atoms with Crippen LogP contribution in [0.3, 0.4) is 0 Å². The third-order valence-corrected chi connectivity index (χ3v) is 3.25. The summed E-state index contributed by atoms with van der Waals surface area (Å²) in [6.07, 6.45) is 0.414. The average molecular weight is 264 g/mol. The minimum atomic E-state index is -0.192. The minimum Gasteiger partial charge on any atom is -0.495 e. The van der Waals surface area contributed by atoms with Crippen molar-refractivity contribution in [2.24, 2.45) is 11.1 Å².